The molecule has 2 aliphatic rings. The van der Waals surface area contributed by atoms with Gasteiger partial charge in [0.1, 0.15) is 5.82 Å². The van der Waals surface area contributed by atoms with Crippen molar-refractivity contribution in [1.82, 2.24) is 20.9 Å². The third-order valence-electron chi connectivity index (χ3n) is 7.04. The standard InChI is InChI=1S/C27H33ClF4N6O2/c28-19-4-6-23(24(15-19)38-12-10-37(11-13-38)9-7-27(30,31)32)36-25(39)21-5-3-18(14-22(21)29)16-34-26(40)35-17-20-2-1-8-33-20/h3-6,14-15,20,33H,1-2,7-13,16-17H2,(H,36,39)(H2,34,35,40). The largest absolute Gasteiger partial charge is 0.390 e. The van der Waals surface area contributed by atoms with E-state index in [-0.39, 0.29) is 30.7 Å². The molecule has 3 amide bonds. The van der Waals surface area contributed by atoms with E-state index in [2.05, 4.69) is 21.3 Å². The van der Waals surface area contributed by atoms with Gasteiger partial charge in [-0.2, -0.15) is 13.2 Å². The van der Waals surface area contributed by atoms with Crippen molar-refractivity contribution in [3.8, 4) is 0 Å². The summed E-state index contributed by atoms with van der Waals surface area (Å²) in [5.41, 5.74) is 1.35. The molecule has 0 bridgehead atoms. The summed E-state index contributed by atoms with van der Waals surface area (Å²) >= 11 is 6.19. The Morgan fingerprint density at radius 1 is 1.05 bits per heavy atom. The van der Waals surface area contributed by atoms with Crippen LogP contribution in [0.3, 0.4) is 0 Å². The molecule has 2 heterocycles. The van der Waals surface area contributed by atoms with Crippen LogP contribution >= 0.6 is 11.6 Å². The first-order valence-corrected chi connectivity index (χ1v) is 13.6. The van der Waals surface area contributed by atoms with Gasteiger partial charge in [0.15, 0.2) is 0 Å². The molecule has 2 aliphatic heterocycles. The first-order valence-electron chi connectivity index (χ1n) is 13.3. The van der Waals surface area contributed by atoms with Crippen LogP contribution in [0.2, 0.25) is 5.02 Å². The Labute approximate surface area is 235 Å². The smallest absolute Gasteiger partial charge is 0.367 e. The van der Waals surface area contributed by atoms with Gasteiger partial charge in [-0.05, 0) is 55.3 Å². The highest BCUT2D eigenvalue weighted by molar-refractivity contribution is 6.31. The second-order valence-electron chi connectivity index (χ2n) is 9.98. The third kappa shape index (κ3) is 8.70. The van der Waals surface area contributed by atoms with Gasteiger partial charge in [-0.1, -0.05) is 17.7 Å². The fourth-order valence-corrected chi connectivity index (χ4v) is 4.97. The van der Waals surface area contributed by atoms with Gasteiger partial charge in [0.05, 0.1) is 23.4 Å². The molecule has 1 unspecified atom stereocenters. The number of carbonyl (C=O) groups excluding carboxylic acids is 2. The molecule has 0 aromatic heterocycles. The molecule has 2 aromatic carbocycles. The van der Waals surface area contributed by atoms with Crippen LogP contribution in [0.5, 0.6) is 0 Å². The van der Waals surface area contributed by atoms with Crippen molar-refractivity contribution < 1.29 is 27.2 Å². The lowest BCUT2D eigenvalue weighted by molar-refractivity contribution is -0.138. The Hall–Kier alpha value is -3.09. The minimum Gasteiger partial charge on any atom is -0.367 e. The highest BCUT2D eigenvalue weighted by atomic mass is 35.5. The number of hydrogen-bond donors (Lipinski definition) is 4. The SMILES string of the molecule is O=C(NCc1ccc(C(=O)Nc2ccc(Cl)cc2N2CCN(CCC(F)(F)F)CC2)c(F)c1)NCC1CCCN1. The van der Waals surface area contributed by atoms with Gasteiger partial charge in [0.2, 0.25) is 0 Å². The summed E-state index contributed by atoms with van der Waals surface area (Å²) in [6, 6.07) is 8.91. The van der Waals surface area contributed by atoms with Gasteiger partial charge in [-0.25, -0.2) is 9.18 Å². The number of anilines is 2. The molecule has 2 saturated heterocycles. The van der Waals surface area contributed by atoms with Crippen molar-refractivity contribution >= 4 is 34.9 Å². The van der Waals surface area contributed by atoms with Crippen LogP contribution in [-0.4, -0.2) is 74.9 Å². The van der Waals surface area contributed by atoms with E-state index in [0.717, 1.165) is 19.4 Å². The number of halogens is 5. The second kappa shape index (κ2) is 13.5. The van der Waals surface area contributed by atoms with E-state index in [0.29, 0.717) is 54.7 Å². The third-order valence-corrected chi connectivity index (χ3v) is 7.27. The summed E-state index contributed by atoms with van der Waals surface area (Å²) in [6.07, 6.45) is -2.98. The molecule has 0 radical (unpaired) electrons. The molecule has 2 aromatic rings. The average Bonchev–Trinajstić information content (AvgIpc) is 3.44. The van der Waals surface area contributed by atoms with Crippen molar-refractivity contribution in [2.75, 3.05) is 56.0 Å². The summed E-state index contributed by atoms with van der Waals surface area (Å²) in [5.74, 6) is -1.40. The molecule has 2 fully saturated rings. The number of piperazine rings is 1. The molecule has 40 heavy (non-hydrogen) atoms. The monoisotopic (exact) mass is 584 g/mol. The van der Waals surface area contributed by atoms with Crippen molar-refractivity contribution in [2.24, 2.45) is 0 Å². The molecular weight excluding hydrogens is 552 g/mol. The van der Waals surface area contributed by atoms with Gasteiger partial charge >= 0.3 is 12.2 Å². The van der Waals surface area contributed by atoms with Gasteiger partial charge in [0.25, 0.3) is 5.91 Å². The van der Waals surface area contributed by atoms with Crippen molar-refractivity contribution in [2.45, 2.75) is 38.0 Å². The first-order chi connectivity index (χ1) is 19.1. The van der Waals surface area contributed by atoms with Crippen LogP contribution in [0.15, 0.2) is 36.4 Å². The number of hydrogen-bond acceptors (Lipinski definition) is 5. The number of nitrogens with zero attached hydrogens (tertiary/aromatic N) is 2. The highest BCUT2D eigenvalue weighted by Gasteiger charge is 2.29. The number of rotatable bonds is 9. The maximum Gasteiger partial charge on any atom is 0.390 e. The number of nitrogens with one attached hydrogen (secondary N) is 4. The van der Waals surface area contributed by atoms with Gasteiger partial charge < -0.3 is 26.2 Å². The maximum atomic E-state index is 14.9. The van der Waals surface area contributed by atoms with Crippen LogP contribution in [0, 0.1) is 5.82 Å². The lowest BCUT2D eigenvalue weighted by Gasteiger charge is -2.37. The van der Waals surface area contributed by atoms with E-state index >= 15 is 0 Å². The van der Waals surface area contributed by atoms with Gasteiger partial charge in [-0.3, -0.25) is 9.69 Å². The number of carbonyl (C=O) groups is 2. The fraction of sp³-hybridized carbons (Fsp3) is 0.481. The van der Waals surface area contributed by atoms with Crippen LogP contribution in [0.25, 0.3) is 0 Å². The maximum absolute atomic E-state index is 14.9. The van der Waals surface area contributed by atoms with Gasteiger partial charge in [0, 0.05) is 56.9 Å². The molecule has 1 atom stereocenters. The molecule has 0 saturated carbocycles. The van der Waals surface area contributed by atoms with E-state index in [4.69, 9.17) is 11.6 Å². The normalized spacial score (nSPS) is 18.0. The summed E-state index contributed by atoms with van der Waals surface area (Å²) in [7, 11) is 0. The molecule has 218 valence electrons. The molecule has 8 nitrogen and oxygen atoms in total. The van der Waals surface area contributed by atoms with Crippen molar-refractivity contribution in [3.63, 3.8) is 0 Å². The molecule has 0 spiro atoms. The van der Waals surface area contributed by atoms with Crippen molar-refractivity contribution in [3.05, 3.63) is 58.4 Å². The van der Waals surface area contributed by atoms with E-state index in [1.165, 1.54) is 12.1 Å². The van der Waals surface area contributed by atoms with E-state index in [1.807, 2.05) is 4.90 Å². The minimum atomic E-state index is -4.20. The predicted molar refractivity (Wildman–Crippen MR) is 146 cm³/mol. The van der Waals surface area contributed by atoms with Crippen LogP contribution in [0.4, 0.5) is 33.7 Å². The average molecular weight is 585 g/mol. The Morgan fingerprint density at radius 3 is 2.50 bits per heavy atom. The van der Waals surface area contributed by atoms with E-state index in [1.54, 1.807) is 29.2 Å². The quantitative estimate of drug-likeness (QED) is 0.329. The summed E-state index contributed by atoms with van der Waals surface area (Å²) in [5, 5.41) is 11.9. The number of amides is 3. The molecule has 13 heteroatoms. The molecule has 0 aliphatic carbocycles. The highest BCUT2D eigenvalue weighted by Crippen LogP contribution is 2.31. The summed E-state index contributed by atoms with van der Waals surface area (Å²) in [6.45, 7) is 3.23. The Morgan fingerprint density at radius 2 is 1.82 bits per heavy atom. The zero-order valence-electron chi connectivity index (χ0n) is 21.9. The summed E-state index contributed by atoms with van der Waals surface area (Å²) < 4.78 is 52.6. The number of urea groups is 1. The lowest BCUT2D eigenvalue weighted by Crippen LogP contribution is -2.47. The number of alkyl halides is 3. The fourth-order valence-electron chi connectivity index (χ4n) is 4.80. The second-order valence-corrected chi connectivity index (χ2v) is 10.4. The van der Waals surface area contributed by atoms with E-state index in [9.17, 15) is 27.2 Å². The van der Waals surface area contributed by atoms with E-state index < -0.39 is 24.3 Å². The zero-order chi connectivity index (χ0) is 28.7. The molecule has 4 N–H and O–H groups in total. The summed E-state index contributed by atoms with van der Waals surface area (Å²) in [4.78, 5) is 28.7. The topological polar surface area (TPSA) is 88.7 Å². The predicted octanol–water partition coefficient (Wildman–Crippen LogP) is 4.36. The van der Waals surface area contributed by atoms with Crippen LogP contribution in [0.1, 0.15) is 35.2 Å². The first kappa shape index (κ1) is 29.9. The molecule has 4 rings (SSSR count). The van der Waals surface area contributed by atoms with Crippen LogP contribution < -0.4 is 26.2 Å². The van der Waals surface area contributed by atoms with Crippen LogP contribution in [-0.2, 0) is 6.54 Å². The Balaban J connectivity index is 1.33. The zero-order valence-corrected chi connectivity index (χ0v) is 22.7. The lowest BCUT2D eigenvalue weighted by atomic mass is 10.1. The van der Waals surface area contributed by atoms with Crippen molar-refractivity contribution in [1.29, 1.82) is 0 Å². The Bertz CT molecular complexity index is 1180. The minimum absolute atomic E-state index is 0.0656. The number of benzene rings is 2. The Kier molecular flexibility index (Phi) is 10.1. The van der Waals surface area contributed by atoms with Gasteiger partial charge in [-0.15, -0.1) is 0 Å². The molecular formula is C27H33ClF4N6O2.